The van der Waals surface area contributed by atoms with Crippen molar-refractivity contribution < 1.29 is 5.11 Å². The van der Waals surface area contributed by atoms with Gasteiger partial charge in [0.05, 0.1) is 12.6 Å². The number of aliphatic hydroxyl groups is 1. The van der Waals surface area contributed by atoms with Gasteiger partial charge in [-0.3, -0.25) is 0 Å². The van der Waals surface area contributed by atoms with Gasteiger partial charge in [0.25, 0.3) is 0 Å². The molecule has 1 rings (SSSR count). The Hall–Kier alpha value is -0.380. The highest BCUT2D eigenvalue weighted by molar-refractivity contribution is 9.10. The third-order valence-electron chi connectivity index (χ3n) is 2.14. The van der Waals surface area contributed by atoms with Gasteiger partial charge in [0.1, 0.15) is 0 Å². The first-order valence-corrected chi connectivity index (χ1v) is 4.98. The maximum Gasteiger partial charge on any atom is 0.0624 e. The van der Waals surface area contributed by atoms with Crippen molar-refractivity contribution >= 4 is 15.9 Å². The molecular formula is C10H14BrNO. The number of aliphatic hydroxyl groups excluding tert-OH is 1. The van der Waals surface area contributed by atoms with Crippen LogP contribution in [0.15, 0.2) is 16.6 Å². The third kappa shape index (κ3) is 2.30. The molecule has 0 aliphatic carbocycles. The zero-order valence-electron chi connectivity index (χ0n) is 7.84. The highest BCUT2D eigenvalue weighted by atomic mass is 79.9. The van der Waals surface area contributed by atoms with E-state index in [0.29, 0.717) is 0 Å². The minimum Gasteiger partial charge on any atom is -0.394 e. The number of benzene rings is 1. The summed E-state index contributed by atoms with van der Waals surface area (Å²) in [5.41, 5.74) is 9.06. The number of halogens is 1. The molecule has 72 valence electrons. The summed E-state index contributed by atoms with van der Waals surface area (Å²) in [4.78, 5) is 0. The van der Waals surface area contributed by atoms with E-state index in [1.54, 1.807) is 0 Å². The lowest BCUT2D eigenvalue weighted by Crippen LogP contribution is -2.15. The first-order chi connectivity index (χ1) is 6.06. The molecule has 3 heteroatoms. The van der Waals surface area contributed by atoms with Crippen molar-refractivity contribution in [2.24, 2.45) is 5.73 Å². The topological polar surface area (TPSA) is 46.2 Å². The number of hydrogen-bond donors (Lipinski definition) is 2. The van der Waals surface area contributed by atoms with Crippen molar-refractivity contribution in [3.63, 3.8) is 0 Å². The molecule has 0 heterocycles. The van der Waals surface area contributed by atoms with E-state index in [1.165, 1.54) is 5.56 Å². The van der Waals surface area contributed by atoms with Crippen LogP contribution >= 0.6 is 15.9 Å². The van der Waals surface area contributed by atoms with Gasteiger partial charge in [-0.2, -0.15) is 0 Å². The lowest BCUT2D eigenvalue weighted by molar-refractivity contribution is 0.267. The quantitative estimate of drug-likeness (QED) is 0.836. The molecule has 0 amide bonds. The molecule has 1 aromatic rings. The van der Waals surface area contributed by atoms with Crippen LogP contribution in [0.1, 0.15) is 22.7 Å². The van der Waals surface area contributed by atoms with Gasteiger partial charge in [0, 0.05) is 4.47 Å². The van der Waals surface area contributed by atoms with Crippen molar-refractivity contribution in [2.75, 3.05) is 6.61 Å². The van der Waals surface area contributed by atoms with E-state index >= 15 is 0 Å². The van der Waals surface area contributed by atoms with E-state index in [-0.39, 0.29) is 12.6 Å². The van der Waals surface area contributed by atoms with Crippen LogP contribution in [0.5, 0.6) is 0 Å². The largest absolute Gasteiger partial charge is 0.394 e. The van der Waals surface area contributed by atoms with Crippen molar-refractivity contribution in [2.45, 2.75) is 19.9 Å². The Balaban J connectivity index is 3.15. The SMILES string of the molecule is Cc1cc(C)c(C(N)CO)cc1Br. The Labute approximate surface area is 86.9 Å². The van der Waals surface area contributed by atoms with Crippen molar-refractivity contribution in [3.8, 4) is 0 Å². The maximum absolute atomic E-state index is 8.93. The molecule has 0 radical (unpaired) electrons. The van der Waals surface area contributed by atoms with Gasteiger partial charge < -0.3 is 10.8 Å². The molecule has 1 aromatic carbocycles. The molecule has 0 aliphatic rings. The standard InChI is InChI=1S/C10H14BrNO/c1-6-3-7(2)9(11)4-8(6)10(12)5-13/h3-4,10,13H,5,12H2,1-2H3. The predicted octanol–water partition coefficient (Wildman–Crippen LogP) is 2.06. The second kappa shape index (κ2) is 4.22. The molecule has 3 N–H and O–H groups in total. The normalized spacial score (nSPS) is 13.0. The molecule has 2 nitrogen and oxygen atoms in total. The summed E-state index contributed by atoms with van der Waals surface area (Å²) < 4.78 is 1.04. The van der Waals surface area contributed by atoms with E-state index in [4.69, 9.17) is 10.8 Å². The summed E-state index contributed by atoms with van der Waals surface area (Å²) in [6, 6.07) is 3.76. The Bertz CT molecular complexity index is 312. The van der Waals surface area contributed by atoms with Crippen molar-refractivity contribution in [3.05, 3.63) is 33.3 Å². The fraction of sp³-hybridized carbons (Fsp3) is 0.400. The molecule has 1 unspecified atom stereocenters. The van der Waals surface area contributed by atoms with Crippen LogP contribution in [-0.4, -0.2) is 11.7 Å². The zero-order chi connectivity index (χ0) is 10.0. The van der Waals surface area contributed by atoms with Gasteiger partial charge in [0.2, 0.25) is 0 Å². The fourth-order valence-electron chi connectivity index (χ4n) is 1.34. The van der Waals surface area contributed by atoms with Crippen molar-refractivity contribution in [1.29, 1.82) is 0 Å². The van der Waals surface area contributed by atoms with Gasteiger partial charge in [-0.05, 0) is 36.6 Å². The minimum absolute atomic E-state index is 0.0175. The summed E-state index contributed by atoms with van der Waals surface area (Å²) in [6.07, 6.45) is 0. The van der Waals surface area contributed by atoms with Crippen LogP contribution in [0.25, 0.3) is 0 Å². The van der Waals surface area contributed by atoms with E-state index < -0.39 is 0 Å². The summed E-state index contributed by atoms with van der Waals surface area (Å²) in [6.45, 7) is 4.02. The molecule has 0 aliphatic heterocycles. The highest BCUT2D eigenvalue weighted by Gasteiger charge is 2.09. The number of hydrogen-bond acceptors (Lipinski definition) is 2. The maximum atomic E-state index is 8.93. The minimum atomic E-state index is -0.281. The Morgan fingerprint density at radius 2 is 2.00 bits per heavy atom. The molecule has 0 saturated heterocycles. The third-order valence-corrected chi connectivity index (χ3v) is 3.00. The Morgan fingerprint density at radius 1 is 1.38 bits per heavy atom. The zero-order valence-corrected chi connectivity index (χ0v) is 9.43. The highest BCUT2D eigenvalue weighted by Crippen LogP contribution is 2.24. The number of rotatable bonds is 2. The Morgan fingerprint density at radius 3 is 2.54 bits per heavy atom. The summed E-state index contributed by atoms with van der Waals surface area (Å²) in [5.74, 6) is 0. The first-order valence-electron chi connectivity index (χ1n) is 4.19. The van der Waals surface area contributed by atoms with Gasteiger partial charge >= 0.3 is 0 Å². The molecule has 13 heavy (non-hydrogen) atoms. The van der Waals surface area contributed by atoms with E-state index in [2.05, 4.69) is 22.0 Å². The second-order valence-corrected chi connectivity index (χ2v) is 4.10. The average Bonchev–Trinajstić information content (AvgIpc) is 2.10. The fourth-order valence-corrected chi connectivity index (χ4v) is 1.70. The van der Waals surface area contributed by atoms with E-state index in [9.17, 15) is 0 Å². The van der Waals surface area contributed by atoms with Crippen LogP contribution in [-0.2, 0) is 0 Å². The van der Waals surface area contributed by atoms with Crippen LogP contribution in [0, 0.1) is 13.8 Å². The van der Waals surface area contributed by atoms with Crippen LogP contribution in [0.4, 0.5) is 0 Å². The van der Waals surface area contributed by atoms with Gasteiger partial charge in [-0.15, -0.1) is 0 Å². The molecule has 0 fully saturated rings. The second-order valence-electron chi connectivity index (χ2n) is 3.25. The van der Waals surface area contributed by atoms with Crippen LogP contribution in [0.3, 0.4) is 0 Å². The smallest absolute Gasteiger partial charge is 0.0624 e. The van der Waals surface area contributed by atoms with Gasteiger partial charge in [-0.25, -0.2) is 0 Å². The molecule has 0 bridgehead atoms. The summed E-state index contributed by atoms with van der Waals surface area (Å²) >= 11 is 3.44. The monoisotopic (exact) mass is 243 g/mol. The van der Waals surface area contributed by atoms with E-state index in [0.717, 1.165) is 15.6 Å². The van der Waals surface area contributed by atoms with Gasteiger partial charge in [-0.1, -0.05) is 22.0 Å². The number of aryl methyl sites for hydroxylation is 2. The van der Waals surface area contributed by atoms with Crippen LogP contribution in [0.2, 0.25) is 0 Å². The molecule has 0 aromatic heterocycles. The Kier molecular flexibility index (Phi) is 3.47. The molecule has 0 spiro atoms. The molecule has 0 saturated carbocycles. The van der Waals surface area contributed by atoms with Gasteiger partial charge in [0.15, 0.2) is 0 Å². The van der Waals surface area contributed by atoms with Crippen molar-refractivity contribution in [1.82, 2.24) is 0 Å². The average molecular weight is 244 g/mol. The molecular weight excluding hydrogens is 230 g/mol. The molecule has 1 atom stereocenters. The predicted molar refractivity (Wildman–Crippen MR) is 57.6 cm³/mol. The lowest BCUT2D eigenvalue weighted by atomic mass is 10.0. The lowest BCUT2D eigenvalue weighted by Gasteiger charge is -2.13. The van der Waals surface area contributed by atoms with E-state index in [1.807, 2.05) is 19.9 Å². The van der Waals surface area contributed by atoms with Crippen LogP contribution < -0.4 is 5.73 Å². The summed E-state index contributed by atoms with van der Waals surface area (Å²) in [7, 11) is 0. The summed E-state index contributed by atoms with van der Waals surface area (Å²) in [5, 5.41) is 8.93. The number of nitrogens with two attached hydrogens (primary N) is 1. The first kappa shape index (κ1) is 10.7.